The van der Waals surface area contributed by atoms with Crippen LogP contribution in [-0.2, 0) is 20.8 Å². The molecule has 0 aromatic carbocycles. The number of hydrogen-bond acceptors (Lipinski definition) is 4. The Labute approximate surface area is 108 Å². The summed E-state index contributed by atoms with van der Waals surface area (Å²) in [6, 6.07) is 2.79. The molecule has 1 atom stereocenters. The van der Waals surface area contributed by atoms with Crippen LogP contribution >= 0.6 is 11.3 Å². The molecule has 1 unspecified atom stereocenters. The molecule has 0 radical (unpaired) electrons. The van der Waals surface area contributed by atoms with E-state index in [1.54, 1.807) is 0 Å². The molecule has 0 bridgehead atoms. The third-order valence-electron chi connectivity index (χ3n) is 2.93. The summed E-state index contributed by atoms with van der Waals surface area (Å²) in [6.45, 7) is -0.0822. The number of ketones is 1. The standard InChI is InChI=1S/C12H13NO4S/c14-8-3-4-10(12(16)17)13(7-8)11(15)6-9-2-1-5-18-9/h1-2,5,10H,3-4,6-7H2,(H,16,17). The number of nitrogens with zero attached hydrogens (tertiary/aromatic N) is 1. The molecule has 1 aliphatic heterocycles. The molecule has 5 nitrogen and oxygen atoms in total. The summed E-state index contributed by atoms with van der Waals surface area (Å²) < 4.78 is 0. The van der Waals surface area contributed by atoms with Crippen molar-refractivity contribution in [2.24, 2.45) is 0 Å². The first-order valence-electron chi connectivity index (χ1n) is 5.64. The average molecular weight is 267 g/mol. The van der Waals surface area contributed by atoms with Crippen LogP contribution in [0.3, 0.4) is 0 Å². The number of likely N-dealkylation sites (tertiary alicyclic amines) is 1. The number of thiophene rings is 1. The fraction of sp³-hybridized carbons (Fsp3) is 0.417. The van der Waals surface area contributed by atoms with Gasteiger partial charge in [0.1, 0.15) is 6.04 Å². The Kier molecular flexibility index (Phi) is 3.76. The Morgan fingerprint density at radius 3 is 2.89 bits per heavy atom. The Morgan fingerprint density at radius 1 is 1.50 bits per heavy atom. The van der Waals surface area contributed by atoms with Crippen LogP contribution in [0, 0.1) is 0 Å². The number of carboxylic acids is 1. The van der Waals surface area contributed by atoms with Gasteiger partial charge in [0, 0.05) is 11.3 Å². The van der Waals surface area contributed by atoms with Crippen molar-refractivity contribution >= 4 is 29.0 Å². The molecular formula is C12H13NO4S. The van der Waals surface area contributed by atoms with Crippen molar-refractivity contribution in [3.8, 4) is 0 Å². The van der Waals surface area contributed by atoms with Crippen molar-refractivity contribution in [1.29, 1.82) is 0 Å². The van der Waals surface area contributed by atoms with E-state index in [9.17, 15) is 14.4 Å². The van der Waals surface area contributed by atoms with Gasteiger partial charge in [-0.3, -0.25) is 9.59 Å². The molecule has 1 aliphatic rings. The van der Waals surface area contributed by atoms with Crippen molar-refractivity contribution in [3.05, 3.63) is 22.4 Å². The normalized spacial score (nSPS) is 19.9. The monoisotopic (exact) mass is 267 g/mol. The maximum atomic E-state index is 12.0. The molecule has 1 aromatic rings. The Balaban J connectivity index is 2.09. The minimum absolute atomic E-state index is 0.0768. The number of aliphatic carboxylic acids is 1. The molecule has 1 aromatic heterocycles. The number of Topliss-reactive ketones (excluding diaryl/α,β-unsaturated/α-hetero) is 1. The van der Waals surface area contributed by atoms with Crippen LogP contribution in [0.1, 0.15) is 17.7 Å². The van der Waals surface area contributed by atoms with E-state index in [1.807, 2.05) is 17.5 Å². The Morgan fingerprint density at radius 2 is 2.28 bits per heavy atom. The summed E-state index contributed by atoms with van der Waals surface area (Å²) in [5.74, 6) is -1.41. The van der Waals surface area contributed by atoms with Crippen LogP contribution in [0.5, 0.6) is 0 Å². The zero-order chi connectivity index (χ0) is 13.1. The fourth-order valence-corrected chi connectivity index (χ4v) is 2.71. The third-order valence-corrected chi connectivity index (χ3v) is 3.81. The molecule has 1 amide bonds. The molecule has 96 valence electrons. The van der Waals surface area contributed by atoms with Gasteiger partial charge in [0.05, 0.1) is 13.0 Å². The largest absolute Gasteiger partial charge is 0.480 e. The lowest BCUT2D eigenvalue weighted by molar-refractivity contribution is -0.153. The van der Waals surface area contributed by atoms with E-state index in [4.69, 9.17) is 5.11 Å². The average Bonchev–Trinajstić information content (AvgIpc) is 2.81. The summed E-state index contributed by atoms with van der Waals surface area (Å²) in [6.07, 6.45) is 0.610. The highest BCUT2D eigenvalue weighted by Crippen LogP contribution is 2.18. The number of hydrogen-bond donors (Lipinski definition) is 1. The van der Waals surface area contributed by atoms with Crippen molar-refractivity contribution in [2.45, 2.75) is 25.3 Å². The molecule has 0 spiro atoms. The van der Waals surface area contributed by atoms with Crippen molar-refractivity contribution in [1.82, 2.24) is 4.90 Å². The lowest BCUT2D eigenvalue weighted by Gasteiger charge is -2.32. The highest BCUT2D eigenvalue weighted by Gasteiger charge is 2.34. The molecule has 2 rings (SSSR count). The summed E-state index contributed by atoms with van der Waals surface area (Å²) in [5, 5.41) is 10.9. The van der Waals surface area contributed by atoms with Gasteiger partial charge in [0.2, 0.25) is 5.91 Å². The van der Waals surface area contributed by atoms with Crippen LogP contribution in [0.4, 0.5) is 0 Å². The van der Waals surface area contributed by atoms with E-state index in [2.05, 4.69) is 0 Å². The predicted octanol–water partition coefficient (Wildman–Crippen LogP) is 0.935. The van der Waals surface area contributed by atoms with Crippen LogP contribution in [0.15, 0.2) is 17.5 Å². The molecule has 1 saturated heterocycles. The maximum Gasteiger partial charge on any atom is 0.326 e. The summed E-state index contributed by atoms with van der Waals surface area (Å²) >= 11 is 1.45. The van der Waals surface area contributed by atoms with Crippen molar-refractivity contribution in [3.63, 3.8) is 0 Å². The van der Waals surface area contributed by atoms with Crippen LogP contribution in [-0.4, -0.2) is 40.3 Å². The molecule has 1 N–H and O–H groups in total. The smallest absolute Gasteiger partial charge is 0.326 e. The lowest BCUT2D eigenvalue weighted by atomic mass is 10.0. The van der Waals surface area contributed by atoms with Gasteiger partial charge in [0.15, 0.2) is 5.78 Å². The minimum atomic E-state index is -1.04. The zero-order valence-electron chi connectivity index (χ0n) is 9.67. The van der Waals surface area contributed by atoms with Gasteiger partial charge >= 0.3 is 5.97 Å². The van der Waals surface area contributed by atoms with Gasteiger partial charge in [-0.25, -0.2) is 4.79 Å². The summed E-state index contributed by atoms with van der Waals surface area (Å²) in [7, 11) is 0. The summed E-state index contributed by atoms with van der Waals surface area (Å²) in [4.78, 5) is 36.5. The van der Waals surface area contributed by atoms with Gasteiger partial charge in [-0.05, 0) is 17.9 Å². The van der Waals surface area contributed by atoms with Crippen LogP contribution in [0.25, 0.3) is 0 Å². The Bertz CT molecular complexity index is 468. The lowest BCUT2D eigenvalue weighted by Crippen LogP contribution is -2.51. The molecule has 6 heteroatoms. The molecule has 18 heavy (non-hydrogen) atoms. The van der Waals surface area contributed by atoms with E-state index in [1.165, 1.54) is 16.2 Å². The van der Waals surface area contributed by atoms with Gasteiger partial charge < -0.3 is 10.0 Å². The molecular weight excluding hydrogens is 254 g/mol. The van der Waals surface area contributed by atoms with Gasteiger partial charge in [-0.2, -0.15) is 0 Å². The number of piperidine rings is 1. The molecule has 0 aliphatic carbocycles. The number of amides is 1. The minimum Gasteiger partial charge on any atom is -0.480 e. The zero-order valence-corrected chi connectivity index (χ0v) is 10.5. The van der Waals surface area contributed by atoms with Crippen molar-refractivity contribution < 1.29 is 19.5 Å². The van der Waals surface area contributed by atoms with E-state index in [0.29, 0.717) is 0 Å². The summed E-state index contributed by atoms with van der Waals surface area (Å²) in [5.41, 5.74) is 0. The predicted molar refractivity (Wildman–Crippen MR) is 65.4 cm³/mol. The Hall–Kier alpha value is -1.69. The second-order valence-electron chi connectivity index (χ2n) is 4.21. The highest BCUT2D eigenvalue weighted by molar-refractivity contribution is 7.10. The van der Waals surface area contributed by atoms with Gasteiger partial charge in [-0.15, -0.1) is 11.3 Å². The second-order valence-corrected chi connectivity index (χ2v) is 5.24. The van der Waals surface area contributed by atoms with E-state index in [-0.39, 0.29) is 37.5 Å². The highest BCUT2D eigenvalue weighted by atomic mass is 32.1. The van der Waals surface area contributed by atoms with Gasteiger partial charge in [0.25, 0.3) is 0 Å². The van der Waals surface area contributed by atoms with E-state index >= 15 is 0 Å². The second kappa shape index (κ2) is 5.30. The third kappa shape index (κ3) is 2.76. The van der Waals surface area contributed by atoms with Crippen LogP contribution in [0.2, 0.25) is 0 Å². The first-order chi connectivity index (χ1) is 8.58. The van der Waals surface area contributed by atoms with Crippen LogP contribution < -0.4 is 0 Å². The number of carboxylic acid groups (broad SMARTS) is 1. The molecule has 0 saturated carbocycles. The topological polar surface area (TPSA) is 74.7 Å². The van der Waals surface area contributed by atoms with E-state index < -0.39 is 12.0 Å². The first kappa shape index (κ1) is 12.8. The first-order valence-corrected chi connectivity index (χ1v) is 6.52. The molecule has 1 fully saturated rings. The quantitative estimate of drug-likeness (QED) is 0.884. The fourth-order valence-electron chi connectivity index (χ4n) is 2.02. The van der Waals surface area contributed by atoms with Gasteiger partial charge in [-0.1, -0.05) is 6.07 Å². The number of carbonyl (C=O) groups is 3. The SMILES string of the molecule is O=C1CCC(C(=O)O)N(C(=O)Cc2cccs2)C1. The van der Waals surface area contributed by atoms with Crippen molar-refractivity contribution in [2.75, 3.05) is 6.54 Å². The van der Waals surface area contributed by atoms with E-state index in [0.717, 1.165) is 4.88 Å². The number of rotatable bonds is 3. The maximum absolute atomic E-state index is 12.0. The molecule has 2 heterocycles. The number of carbonyl (C=O) groups excluding carboxylic acids is 2.